The molecule has 1 saturated heterocycles. The number of anilines is 1. The quantitative estimate of drug-likeness (QED) is 0.421. The van der Waals surface area contributed by atoms with Crippen LogP contribution >= 0.6 is 11.6 Å². The van der Waals surface area contributed by atoms with Crippen LogP contribution in [-0.2, 0) is 11.6 Å². The summed E-state index contributed by atoms with van der Waals surface area (Å²) < 4.78 is 60.7. The monoisotopic (exact) mass is 465 g/mol. The van der Waals surface area contributed by atoms with E-state index in [-0.39, 0.29) is 28.5 Å². The number of methoxy groups -OCH3 is 1. The first kappa shape index (κ1) is 20.7. The number of fused-ring (bicyclic) bond motifs is 1. The molecule has 0 radical (unpaired) electrons. The summed E-state index contributed by atoms with van der Waals surface area (Å²) >= 11 is 6.32. The number of ether oxygens (including phenoxy) is 1. The van der Waals surface area contributed by atoms with Gasteiger partial charge < -0.3 is 9.64 Å². The summed E-state index contributed by atoms with van der Waals surface area (Å²) in [5.74, 6) is -1.31. The van der Waals surface area contributed by atoms with Crippen molar-refractivity contribution in [3.05, 3.63) is 70.9 Å². The SMILES string of the molecule is COc1ccc(-n2c(N3C[C@@H]4C=C[C@]4(c4ccc(F)cc4Cl)C3)nnc2C(F)(F)F)cn1. The molecular weight excluding hydrogens is 450 g/mol. The van der Waals surface area contributed by atoms with Gasteiger partial charge in [-0.15, -0.1) is 10.2 Å². The standard InChI is InChI=1S/C21H16ClF4N5O/c1-32-17-5-3-14(9-27-17)31-18(21(24,25)26)28-29-19(31)30-10-12-6-7-20(12,11-30)15-4-2-13(23)8-16(15)22/h2-9,12H,10-11H2,1H3/t12-,20-/m0/s1. The van der Waals surface area contributed by atoms with Crippen molar-refractivity contribution in [3.8, 4) is 11.6 Å². The molecule has 0 spiro atoms. The zero-order chi connectivity index (χ0) is 22.7. The van der Waals surface area contributed by atoms with Crippen LogP contribution in [0.2, 0.25) is 5.02 Å². The zero-order valence-corrected chi connectivity index (χ0v) is 17.4. The van der Waals surface area contributed by atoms with Crippen LogP contribution in [0.15, 0.2) is 48.7 Å². The summed E-state index contributed by atoms with van der Waals surface area (Å²) in [6, 6.07) is 7.12. The fourth-order valence-corrected chi connectivity index (χ4v) is 4.74. The Balaban J connectivity index is 1.57. The lowest BCUT2D eigenvalue weighted by Gasteiger charge is -2.38. The highest BCUT2D eigenvalue weighted by Crippen LogP contribution is 2.51. The van der Waals surface area contributed by atoms with Gasteiger partial charge in [0.25, 0.3) is 0 Å². The van der Waals surface area contributed by atoms with Gasteiger partial charge in [0.15, 0.2) is 0 Å². The maximum atomic E-state index is 13.7. The third kappa shape index (κ3) is 3.12. The average molecular weight is 466 g/mol. The number of benzene rings is 1. The van der Waals surface area contributed by atoms with Crippen molar-refractivity contribution in [2.75, 3.05) is 25.1 Å². The Morgan fingerprint density at radius 1 is 1.19 bits per heavy atom. The Morgan fingerprint density at radius 3 is 2.59 bits per heavy atom. The first-order valence-corrected chi connectivity index (χ1v) is 10.0. The fraction of sp³-hybridized carbons (Fsp3) is 0.286. The first-order valence-electron chi connectivity index (χ1n) is 9.66. The van der Waals surface area contributed by atoms with Gasteiger partial charge in [0.1, 0.15) is 5.82 Å². The van der Waals surface area contributed by atoms with Crippen LogP contribution in [0.3, 0.4) is 0 Å². The molecule has 1 aromatic carbocycles. The highest BCUT2D eigenvalue weighted by atomic mass is 35.5. The van der Waals surface area contributed by atoms with Crippen molar-refractivity contribution in [1.29, 1.82) is 0 Å². The molecule has 3 heterocycles. The van der Waals surface area contributed by atoms with E-state index in [1.807, 2.05) is 12.2 Å². The molecule has 11 heteroatoms. The van der Waals surface area contributed by atoms with Gasteiger partial charge in [0, 0.05) is 35.5 Å². The summed E-state index contributed by atoms with van der Waals surface area (Å²) in [6.45, 7) is 0.725. The van der Waals surface area contributed by atoms with E-state index in [0.29, 0.717) is 13.1 Å². The number of aromatic nitrogens is 4. The van der Waals surface area contributed by atoms with Crippen LogP contribution in [0.1, 0.15) is 11.4 Å². The Kier molecular flexibility index (Phi) is 4.66. The van der Waals surface area contributed by atoms with E-state index in [0.717, 1.165) is 10.1 Å². The van der Waals surface area contributed by atoms with Gasteiger partial charge in [0.2, 0.25) is 17.7 Å². The molecule has 0 unspecified atom stereocenters. The molecule has 1 fully saturated rings. The van der Waals surface area contributed by atoms with Crippen LogP contribution in [0.5, 0.6) is 5.88 Å². The van der Waals surface area contributed by atoms with Crippen molar-refractivity contribution >= 4 is 17.5 Å². The first-order chi connectivity index (χ1) is 15.2. The molecule has 5 rings (SSSR count). The smallest absolute Gasteiger partial charge is 0.452 e. The molecule has 2 atom stereocenters. The predicted octanol–water partition coefficient (Wildman–Crippen LogP) is 4.43. The Labute approximate surface area is 185 Å². The maximum Gasteiger partial charge on any atom is 0.452 e. The second-order valence-electron chi connectivity index (χ2n) is 7.73. The van der Waals surface area contributed by atoms with E-state index < -0.39 is 23.2 Å². The highest BCUT2D eigenvalue weighted by molar-refractivity contribution is 6.31. The Morgan fingerprint density at radius 2 is 2.00 bits per heavy atom. The van der Waals surface area contributed by atoms with Gasteiger partial charge in [-0.3, -0.25) is 4.57 Å². The van der Waals surface area contributed by atoms with Crippen molar-refractivity contribution < 1.29 is 22.3 Å². The second kappa shape index (κ2) is 7.19. The van der Waals surface area contributed by atoms with E-state index in [1.165, 1.54) is 37.6 Å². The summed E-state index contributed by atoms with van der Waals surface area (Å²) in [5.41, 5.74) is 0.334. The zero-order valence-electron chi connectivity index (χ0n) is 16.6. The summed E-state index contributed by atoms with van der Waals surface area (Å²) in [6.07, 6.45) is 0.480. The predicted molar refractivity (Wildman–Crippen MR) is 109 cm³/mol. The summed E-state index contributed by atoms with van der Waals surface area (Å²) in [5, 5.41) is 7.59. The van der Waals surface area contributed by atoms with E-state index in [4.69, 9.17) is 16.3 Å². The Bertz CT molecular complexity index is 1210. The average Bonchev–Trinajstić information content (AvgIpc) is 3.29. The van der Waals surface area contributed by atoms with Crippen LogP contribution < -0.4 is 9.64 Å². The minimum Gasteiger partial charge on any atom is -0.481 e. The minimum atomic E-state index is -4.72. The second-order valence-corrected chi connectivity index (χ2v) is 8.13. The molecule has 2 aliphatic rings. The summed E-state index contributed by atoms with van der Waals surface area (Å²) in [7, 11) is 1.42. The normalized spacial score (nSPS) is 22.1. The molecular formula is C21H16ClF4N5O. The van der Waals surface area contributed by atoms with Gasteiger partial charge in [-0.25, -0.2) is 9.37 Å². The van der Waals surface area contributed by atoms with Crippen LogP contribution in [-0.4, -0.2) is 39.9 Å². The number of rotatable bonds is 4. The van der Waals surface area contributed by atoms with E-state index in [9.17, 15) is 17.6 Å². The molecule has 0 bridgehead atoms. The van der Waals surface area contributed by atoms with E-state index >= 15 is 0 Å². The molecule has 32 heavy (non-hydrogen) atoms. The minimum absolute atomic E-state index is 0.0149. The highest BCUT2D eigenvalue weighted by Gasteiger charge is 2.52. The van der Waals surface area contributed by atoms with Crippen molar-refractivity contribution in [1.82, 2.24) is 19.7 Å². The molecule has 3 aromatic rings. The van der Waals surface area contributed by atoms with E-state index in [2.05, 4.69) is 15.2 Å². The largest absolute Gasteiger partial charge is 0.481 e. The van der Waals surface area contributed by atoms with Gasteiger partial charge in [-0.2, -0.15) is 13.2 Å². The number of halogens is 5. The molecule has 1 aliphatic carbocycles. The number of nitrogens with zero attached hydrogens (tertiary/aromatic N) is 5. The summed E-state index contributed by atoms with van der Waals surface area (Å²) in [4.78, 5) is 5.75. The number of hydrogen-bond acceptors (Lipinski definition) is 5. The molecule has 2 aromatic heterocycles. The van der Waals surface area contributed by atoms with Gasteiger partial charge in [0.05, 0.1) is 19.0 Å². The molecule has 1 aliphatic heterocycles. The van der Waals surface area contributed by atoms with Crippen LogP contribution in [0.4, 0.5) is 23.5 Å². The van der Waals surface area contributed by atoms with Gasteiger partial charge in [-0.1, -0.05) is 29.8 Å². The van der Waals surface area contributed by atoms with Crippen LogP contribution in [0, 0.1) is 11.7 Å². The molecule has 0 N–H and O–H groups in total. The molecule has 0 saturated carbocycles. The number of pyridine rings is 1. The lowest BCUT2D eigenvalue weighted by Crippen LogP contribution is -2.38. The number of alkyl halides is 3. The molecule has 166 valence electrons. The topological polar surface area (TPSA) is 56.1 Å². The van der Waals surface area contributed by atoms with Crippen molar-refractivity contribution in [2.24, 2.45) is 5.92 Å². The third-order valence-electron chi connectivity index (χ3n) is 5.96. The Hall–Kier alpha value is -3.14. The number of hydrogen-bond donors (Lipinski definition) is 0. The fourth-order valence-electron chi connectivity index (χ4n) is 4.40. The van der Waals surface area contributed by atoms with E-state index in [1.54, 1.807) is 11.0 Å². The van der Waals surface area contributed by atoms with Crippen molar-refractivity contribution in [3.63, 3.8) is 0 Å². The molecule has 0 amide bonds. The van der Waals surface area contributed by atoms with Crippen LogP contribution in [0.25, 0.3) is 5.69 Å². The lowest BCUT2D eigenvalue weighted by atomic mass is 9.65. The van der Waals surface area contributed by atoms with Crippen molar-refractivity contribution in [2.45, 2.75) is 11.6 Å². The third-order valence-corrected chi connectivity index (χ3v) is 6.27. The lowest BCUT2D eigenvalue weighted by molar-refractivity contribution is -0.146. The van der Waals surface area contributed by atoms with Gasteiger partial charge >= 0.3 is 6.18 Å². The maximum absolute atomic E-state index is 13.7. The molecule has 6 nitrogen and oxygen atoms in total. The van der Waals surface area contributed by atoms with Gasteiger partial charge in [-0.05, 0) is 23.8 Å².